The molecule has 1 saturated carbocycles. The van der Waals surface area contributed by atoms with Crippen LogP contribution in [0.1, 0.15) is 37.8 Å². The summed E-state index contributed by atoms with van der Waals surface area (Å²) in [7, 11) is 0. The summed E-state index contributed by atoms with van der Waals surface area (Å²) in [5.41, 5.74) is 7.07. The highest BCUT2D eigenvalue weighted by Gasteiger charge is 2.30. The van der Waals surface area contributed by atoms with Crippen LogP contribution >= 0.6 is 12.4 Å². The van der Waals surface area contributed by atoms with Crippen LogP contribution in [0.2, 0.25) is 0 Å². The van der Waals surface area contributed by atoms with Gasteiger partial charge in [-0.25, -0.2) is 0 Å². The van der Waals surface area contributed by atoms with Crippen molar-refractivity contribution < 1.29 is 4.79 Å². The molecule has 1 aliphatic carbocycles. The van der Waals surface area contributed by atoms with Crippen LogP contribution in [0.3, 0.4) is 0 Å². The van der Waals surface area contributed by atoms with Crippen LogP contribution in [0, 0.1) is 5.92 Å². The largest absolute Gasteiger partial charge is 0.349 e. The predicted octanol–water partition coefficient (Wildman–Crippen LogP) is 2.41. The maximum absolute atomic E-state index is 12.0. The number of hydrogen-bond acceptors (Lipinski definition) is 2. The summed E-state index contributed by atoms with van der Waals surface area (Å²) in [6.45, 7) is 2.01. The Morgan fingerprint density at radius 1 is 1.33 bits per heavy atom. The van der Waals surface area contributed by atoms with E-state index in [1.54, 1.807) is 0 Å². The van der Waals surface area contributed by atoms with E-state index in [4.69, 9.17) is 5.73 Å². The molecule has 18 heavy (non-hydrogen) atoms. The van der Waals surface area contributed by atoms with Gasteiger partial charge in [0.2, 0.25) is 5.91 Å². The number of nitrogens with one attached hydrogen (secondary N) is 1. The summed E-state index contributed by atoms with van der Waals surface area (Å²) in [6, 6.07) is 10.1. The summed E-state index contributed by atoms with van der Waals surface area (Å²) in [5.74, 6) is 0.104. The van der Waals surface area contributed by atoms with Gasteiger partial charge in [-0.3, -0.25) is 4.79 Å². The summed E-state index contributed by atoms with van der Waals surface area (Å²) in [6.07, 6.45) is 2.96. The minimum atomic E-state index is 0. The van der Waals surface area contributed by atoms with Crippen molar-refractivity contribution in [1.29, 1.82) is 0 Å². The quantitative estimate of drug-likeness (QED) is 0.885. The lowest BCUT2D eigenvalue weighted by atomic mass is 10.0. The molecule has 2 rings (SSSR count). The smallest absolute Gasteiger partial charge is 0.225 e. The average Bonchev–Trinajstić information content (AvgIpc) is 2.76. The Hall–Kier alpha value is -1.06. The normalized spacial score (nSPS) is 24.1. The topological polar surface area (TPSA) is 55.1 Å². The van der Waals surface area contributed by atoms with E-state index in [1.807, 2.05) is 37.3 Å². The molecule has 4 heteroatoms. The van der Waals surface area contributed by atoms with E-state index in [1.165, 1.54) is 0 Å². The molecule has 3 nitrogen and oxygen atoms in total. The fourth-order valence-corrected chi connectivity index (χ4v) is 2.46. The molecule has 0 radical (unpaired) electrons. The second-order valence-corrected chi connectivity index (χ2v) is 4.84. The fourth-order valence-electron chi connectivity index (χ4n) is 2.46. The van der Waals surface area contributed by atoms with E-state index in [0.717, 1.165) is 24.8 Å². The molecule has 0 saturated heterocycles. The number of halogens is 1. The van der Waals surface area contributed by atoms with Crippen LogP contribution in [0.15, 0.2) is 30.3 Å². The van der Waals surface area contributed by atoms with Crippen molar-refractivity contribution in [3.8, 4) is 0 Å². The Bertz CT molecular complexity index is 383. The monoisotopic (exact) mass is 268 g/mol. The minimum Gasteiger partial charge on any atom is -0.349 e. The van der Waals surface area contributed by atoms with Crippen LogP contribution in [0.5, 0.6) is 0 Å². The maximum Gasteiger partial charge on any atom is 0.225 e. The van der Waals surface area contributed by atoms with Crippen LogP contribution in [0.4, 0.5) is 0 Å². The molecule has 3 atom stereocenters. The fraction of sp³-hybridized carbons (Fsp3) is 0.500. The van der Waals surface area contributed by atoms with Crippen molar-refractivity contribution in [2.45, 2.75) is 38.3 Å². The van der Waals surface area contributed by atoms with E-state index in [-0.39, 0.29) is 36.3 Å². The number of nitrogens with two attached hydrogens (primary N) is 1. The Balaban J connectivity index is 0.00000162. The van der Waals surface area contributed by atoms with Gasteiger partial charge in [-0.1, -0.05) is 36.8 Å². The van der Waals surface area contributed by atoms with E-state index < -0.39 is 0 Å². The Morgan fingerprint density at radius 2 is 2.00 bits per heavy atom. The van der Waals surface area contributed by atoms with Gasteiger partial charge in [0.25, 0.3) is 0 Å². The molecule has 3 N–H and O–H groups in total. The average molecular weight is 269 g/mol. The van der Waals surface area contributed by atoms with E-state index >= 15 is 0 Å². The van der Waals surface area contributed by atoms with E-state index in [2.05, 4.69) is 5.32 Å². The molecule has 1 fully saturated rings. The van der Waals surface area contributed by atoms with Gasteiger partial charge in [-0.05, 0) is 25.3 Å². The number of carbonyl (C=O) groups excluding carboxylic acids is 1. The molecule has 1 aromatic carbocycles. The van der Waals surface area contributed by atoms with Gasteiger partial charge in [0.1, 0.15) is 0 Å². The van der Waals surface area contributed by atoms with Crippen LogP contribution < -0.4 is 11.1 Å². The third kappa shape index (κ3) is 3.47. The zero-order chi connectivity index (χ0) is 12.3. The van der Waals surface area contributed by atoms with Gasteiger partial charge in [-0.15, -0.1) is 12.4 Å². The van der Waals surface area contributed by atoms with Crippen LogP contribution in [0.25, 0.3) is 0 Å². The maximum atomic E-state index is 12.0. The second-order valence-electron chi connectivity index (χ2n) is 4.84. The highest BCUT2D eigenvalue weighted by molar-refractivity contribution is 5.85. The van der Waals surface area contributed by atoms with Gasteiger partial charge in [0, 0.05) is 6.04 Å². The summed E-state index contributed by atoms with van der Waals surface area (Å²) in [4.78, 5) is 12.0. The van der Waals surface area contributed by atoms with Gasteiger partial charge >= 0.3 is 0 Å². The van der Waals surface area contributed by atoms with Crippen molar-refractivity contribution in [1.82, 2.24) is 5.32 Å². The summed E-state index contributed by atoms with van der Waals surface area (Å²) >= 11 is 0. The lowest BCUT2D eigenvalue weighted by Gasteiger charge is -2.19. The molecule has 0 spiro atoms. The van der Waals surface area contributed by atoms with Gasteiger partial charge in [-0.2, -0.15) is 0 Å². The lowest BCUT2D eigenvalue weighted by Crippen LogP contribution is -2.39. The van der Waals surface area contributed by atoms with E-state index in [0.29, 0.717) is 0 Å². The van der Waals surface area contributed by atoms with Gasteiger partial charge < -0.3 is 11.1 Å². The molecule has 0 aliphatic heterocycles. The third-order valence-corrected chi connectivity index (χ3v) is 3.56. The summed E-state index contributed by atoms with van der Waals surface area (Å²) in [5, 5.41) is 3.05. The predicted molar refractivity (Wildman–Crippen MR) is 75.6 cm³/mol. The number of rotatable bonds is 3. The molecule has 0 aromatic heterocycles. The number of amides is 1. The molecule has 1 aliphatic rings. The van der Waals surface area contributed by atoms with Gasteiger partial charge in [0.05, 0.1) is 12.0 Å². The molecule has 1 amide bonds. The Kier molecular flexibility index (Phi) is 5.63. The highest BCUT2D eigenvalue weighted by atomic mass is 35.5. The first-order valence-electron chi connectivity index (χ1n) is 6.29. The first-order valence-corrected chi connectivity index (χ1v) is 6.29. The SMILES string of the molecule is CC(NC(=O)C1CCCC1N)c1ccccc1.Cl. The third-order valence-electron chi connectivity index (χ3n) is 3.56. The second kappa shape index (κ2) is 6.76. The molecular weight excluding hydrogens is 248 g/mol. The zero-order valence-corrected chi connectivity index (χ0v) is 11.5. The standard InChI is InChI=1S/C14H20N2O.ClH/c1-10(11-6-3-2-4-7-11)16-14(17)12-8-5-9-13(12)15;/h2-4,6-7,10,12-13H,5,8-9,15H2,1H3,(H,16,17);1H. The Morgan fingerprint density at radius 3 is 2.56 bits per heavy atom. The molecule has 1 aromatic rings. The van der Waals surface area contributed by atoms with E-state index in [9.17, 15) is 4.79 Å². The van der Waals surface area contributed by atoms with Crippen molar-refractivity contribution in [2.75, 3.05) is 0 Å². The lowest BCUT2D eigenvalue weighted by molar-refractivity contribution is -0.125. The Labute approximate surface area is 115 Å². The minimum absolute atomic E-state index is 0. The molecular formula is C14H21ClN2O. The van der Waals surface area contributed by atoms with Crippen molar-refractivity contribution in [3.05, 3.63) is 35.9 Å². The molecule has 0 heterocycles. The number of benzene rings is 1. The first-order chi connectivity index (χ1) is 8.18. The molecule has 0 bridgehead atoms. The van der Waals surface area contributed by atoms with Crippen LogP contribution in [-0.2, 0) is 4.79 Å². The zero-order valence-electron chi connectivity index (χ0n) is 10.6. The molecule has 100 valence electrons. The first kappa shape index (κ1) is 15.0. The molecule has 3 unspecified atom stereocenters. The van der Waals surface area contributed by atoms with Gasteiger partial charge in [0.15, 0.2) is 0 Å². The van der Waals surface area contributed by atoms with Crippen molar-refractivity contribution in [3.63, 3.8) is 0 Å². The van der Waals surface area contributed by atoms with Crippen LogP contribution in [-0.4, -0.2) is 11.9 Å². The number of carbonyl (C=O) groups is 1. The number of hydrogen-bond donors (Lipinski definition) is 2. The van der Waals surface area contributed by atoms with Crippen molar-refractivity contribution >= 4 is 18.3 Å². The highest BCUT2D eigenvalue weighted by Crippen LogP contribution is 2.25. The summed E-state index contributed by atoms with van der Waals surface area (Å²) < 4.78 is 0. The van der Waals surface area contributed by atoms with Crippen molar-refractivity contribution in [2.24, 2.45) is 11.7 Å².